The lowest BCUT2D eigenvalue weighted by Crippen LogP contribution is -2.22. The molecular weight excluding hydrogens is 412 g/mol. The number of benzene rings is 2. The van der Waals surface area contributed by atoms with Gasteiger partial charge in [0.25, 0.3) is 11.4 Å². The van der Waals surface area contributed by atoms with E-state index in [-0.39, 0.29) is 5.56 Å². The van der Waals surface area contributed by atoms with E-state index in [4.69, 9.17) is 13.8 Å². The molecule has 0 fully saturated rings. The second kappa shape index (κ2) is 7.88. The zero-order chi connectivity index (χ0) is 21.4. The molecule has 0 atom stereocenters. The highest BCUT2D eigenvalue weighted by Crippen LogP contribution is 2.26. The minimum atomic E-state index is -0.111. The van der Waals surface area contributed by atoms with Crippen LogP contribution in [0.25, 0.3) is 28.2 Å². The van der Waals surface area contributed by atoms with Gasteiger partial charge >= 0.3 is 0 Å². The Morgan fingerprint density at radius 1 is 1.00 bits per heavy atom. The van der Waals surface area contributed by atoms with E-state index < -0.39 is 0 Å². The number of thioether (sulfide) groups is 1. The van der Waals surface area contributed by atoms with Crippen LogP contribution in [-0.2, 0) is 5.75 Å². The summed E-state index contributed by atoms with van der Waals surface area (Å²) < 4.78 is 12.6. The lowest BCUT2D eigenvalue weighted by molar-refractivity contribution is 0.494. The third-order valence-corrected chi connectivity index (χ3v) is 5.66. The molecule has 0 aliphatic heterocycles. The van der Waals surface area contributed by atoms with Crippen molar-refractivity contribution in [2.75, 3.05) is 0 Å². The van der Waals surface area contributed by atoms with E-state index in [1.165, 1.54) is 11.8 Å². The number of furan rings is 1. The summed E-state index contributed by atoms with van der Waals surface area (Å²) in [6.45, 7) is 4.02. The third kappa shape index (κ3) is 3.77. The van der Waals surface area contributed by atoms with Gasteiger partial charge in [-0.15, -0.1) is 10.2 Å². The van der Waals surface area contributed by atoms with E-state index in [9.17, 15) is 4.79 Å². The van der Waals surface area contributed by atoms with Crippen LogP contribution in [0, 0.1) is 13.8 Å². The zero-order valence-electron chi connectivity index (χ0n) is 16.9. The smallest absolute Gasteiger partial charge is 0.283 e. The molecule has 3 aromatic heterocycles. The van der Waals surface area contributed by atoms with Crippen LogP contribution < -0.4 is 5.56 Å². The first-order chi connectivity index (χ1) is 15.1. The predicted molar refractivity (Wildman–Crippen MR) is 118 cm³/mol. The van der Waals surface area contributed by atoms with Gasteiger partial charge in [-0.25, -0.2) is 4.98 Å². The summed E-state index contributed by atoms with van der Waals surface area (Å²) in [5.74, 6) is 1.62. The molecule has 31 heavy (non-hydrogen) atoms. The molecule has 0 saturated carbocycles. The molecular formula is C23H18N4O3S. The van der Waals surface area contributed by atoms with Crippen molar-refractivity contribution in [3.8, 4) is 17.3 Å². The second-order valence-electron chi connectivity index (χ2n) is 7.16. The maximum Gasteiger partial charge on any atom is 0.283 e. The van der Waals surface area contributed by atoms with Gasteiger partial charge in [-0.2, -0.15) is 0 Å². The largest absolute Gasteiger partial charge is 0.459 e. The number of aryl methyl sites for hydroxylation is 2. The molecule has 0 bridgehead atoms. The highest BCUT2D eigenvalue weighted by atomic mass is 32.2. The van der Waals surface area contributed by atoms with Gasteiger partial charge in [-0.05, 0) is 61.4 Å². The van der Waals surface area contributed by atoms with Crippen LogP contribution in [0.15, 0.2) is 79.6 Å². The Morgan fingerprint density at radius 2 is 1.81 bits per heavy atom. The van der Waals surface area contributed by atoms with Crippen molar-refractivity contribution in [1.82, 2.24) is 19.7 Å². The minimum Gasteiger partial charge on any atom is -0.459 e. The Balaban J connectivity index is 1.56. The molecule has 7 nitrogen and oxygen atoms in total. The molecule has 0 spiro atoms. The lowest BCUT2D eigenvalue weighted by atomic mass is 10.1. The highest BCUT2D eigenvalue weighted by molar-refractivity contribution is 7.98. The van der Waals surface area contributed by atoms with Crippen molar-refractivity contribution in [3.63, 3.8) is 0 Å². The SMILES string of the molecule is Cc1cc(C)cc(-n2c(SCc3nnc(-c4ccco4)o3)nc3ccccc3c2=O)c1. The first kappa shape index (κ1) is 19.3. The van der Waals surface area contributed by atoms with E-state index in [1.54, 1.807) is 29.0 Å². The van der Waals surface area contributed by atoms with E-state index >= 15 is 0 Å². The Labute approximate surface area is 181 Å². The third-order valence-electron chi connectivity index (χ3n) is 4.73. The molecule has 5 rings (SSSR count). The van der Waals surface area contributed by atoms with E-state index in [1.807, 2.05) is 44.2 Å². The normalized spacial score (nSPS) is 11.3. The van der Waals surface area contributed by atoms with Crippen LogP contribution >= 0.6 is 11.8 Å². The second-order valence-corrected chi connectivity index (χ2v) is 8.11. The Bertz CT molecular complexity index is 1420. The molecule has 0 aliphatic rings. The summed E-state index contributed by atoms with van der Waals surface area (Å²) in [5, 5.41) is 9.25. The molecule has 8 heteroatoms. The molecule has 0 aliphatic carbocycles. The first-order valence-corrected chi connectivity index (χ1v) is 10.7. The van der Waals surface area contributed by atoms with E-state index in [0.29, 0.717) is 39.4 Å². The number of fused-ring (bicyclic) bond motifs is 1. The van der Waals surface area contributed by atoms with Gasteiger partial charge in [-0.3, -0.25) is 9.36 Å². The monoisotopic (exact) mass is 430 g/mol. The molecule has 0 N–H and O–H groups in total. The summed E-state index contributed by atoms with van der Waals surface area (Å²) in [6.07, 6.45) is 1.55. The van der Waals surface area contributed by atoms with Gasteiger partial charge < -0.3 is 8.83 Å². The summed E-state index contributed by atoms with van der Waals surface area (Å²) in [7, 11) is 0. The van der Waals surface area contributed by atoms with Crippen molar-refractivity contribution in [3.05, 3.63) is 88.2 Å². The van der Waals surface area contributed by atoms with Gasteiger partial charge in [-0.1, -0.05) is 30.0 Å². The summed E-state index contributed by atoms with van der Waals surface area (Å²) in [5.41, 5.74) is 3.47. The van der Waals surface area contributed by atoms with Crippen molar-refractivity contribution in [2.45, 2.75) is 24.8 Å². The van der Waals surface area contributed by atoms with Crippen molar-refractivity contribution in [2.24, 2.45) is 0 Å². The van der Waals surface area contributed by atoms with E-state index in [0.717, 1.165) is 16.8 Å². The molecule has 0 unspecified atom stereocenters. The summed E-state index contributed by atoms with van der Waals surface area (Å²) >= 11 is 1.37. The molecule has 2 aromatic carbocycles. The van der Waals surface area contributed by atoms with Gasteiger partial charge in [0.15, 0.2) is 10.9 Å². The van der Waals surface area contributed by atoms with Crippen molar-refractivity contribution in [1.29, 1.82) is 0 Å². The predicted octanol–water partition coefficient (Wildman–Crippen LogP) is 4.94. The topological polar surface area (TPSA) is 86.9 Å². The van der Waals surface area contributed by atoms with Gasteiger partial charge in [0.2, 0.25) is 5.89 Å². The van der Waals surface area contributed by atoms with Gasteiger partial charge in [0.1, 0.15) is 0 Å². The number of hydrogen-bond donors (Lipinski definition) is 0. The van der Waals surface area contributed by atoms with Crippen LogP contribution in [0.3, 0.4) is 0 Å². The number of nitrogens with zero attached hydrogens (tertiary/aromatic N) is 4. The minimum absolute atomic E-state index is 0.111. The van der Waals surface area contributed by atoms with Crippen LogP contribution in [-0.4, -0.2) is 19.7 Å². The number of aromatic nitrogens is 4. The van der Waals surface area contributed by atoms with Crippen LogP contribution in [0.4, 0.5) is 0 Å². The standard InChI is InChI=1S/C23H18N4O3S/c1-14-10-15(2)12-16(11-14)27-22(28)17-6-3-4-7-18(17)24-23(27)31-13-20-25-26-21(30-20)19-8-5-9-29-19/h3-12H,13H2,1-2H3. The lowest BCUT2D eigenvalue weighted by Gasteiger charge is -2.14. The Kier molecular flexibility index (Phi) is 4.91. The van der Waals surface area contributed by atoms with Crippen LogP contribution in [0.2, 0.25) is 0 Å². The quantitative estimate of drug-likeness (QED) is 0.288. The highest BCUT2D eigenvalue weighted by Gasteiger charge is 2.16. The average molecular weight is 430 g/mol. The fraction of sp³-hybridized carbons (Fsp3) is 0.130. The average Bonchev–Trinajstić information content (AvgIpc) is 3.43. The summed E-state index contributed by atoms with van der Waals surface area (Å²) in [4.78, 5) is 18.2. The molecule has 154 valence electrons. The van der Waals surface area contributed by atoms with Gasteiger partial charge in [0.05, 0.1) is 28.6 Å². The number of rotatable bonds is 5. The van der Waals surface area contributed by atoms with Crippen LogP contribution in [0.1, 0.15) is 17.0 Å². The van der Waals surface area contributed by atoms with Crippen molar-refractivity contribution >= 4 is 22.7 Å². The molecule has 0 amide bonds. The summed E-state index contributed by atoms with van der Waals surface area (Å²) in [6, 6.07) is 16.9. The zero-order valence-corrected chi connectivity index (χ0v) is 17.7. The molecule has 0 radical (unpaired) electrons. The van der Waals surface area contributed by atoms with Crippen molar-refractivity contribution < 1.29 is 8.83 Å². The maximum absolute atomic E-state index is 13.4. The Morgan fingerprint density at radius 3 is 2.58 bits per heavy atom. The first-order valence-electron chi connectivity index (χ1n) is 9.68. The fourth-order valence-electron chi connectivity index (χ4n) is 3.45. The van der Waals surface area contributed by atoms with E-state index in [2.05, 4.69) is 16.3 Å². The molecule has 3 heterocycles. The number of hydrogen-bond acceptors (Lipinski definition) is 7. The Hall–Kier alpha value is -3.65. The number of para-hydroxylation sites is 1. The van der Waals surface area contributed by atoms with Gasteiger partial charge in [0, 0.05) is 0 Å². The fourth-order valence-corrected chi connectivity index (χ4v) is 4.30. The van der Waals surface area contributed by atoms with Crippen LogP contribution in [0.5, 0.6) is 0 Å². The molecule has 0 saturated heterocycles. The maximum atomic E-state index is 13.4. The molecule has 5 aromatic rings.